The van der Waals surface area contributed by atoms with Crippen LogP contribution in [-0.2, 0) is 0 Å². The largest absolute Gasteiger partial charge is 0.394 e. The number of rotatable bonds is 4. The number of hydrogen-bond donors (Lipinski definition) is 2. The van der Waals surface area contributed by atoms with E-state index in [9.17, 15) is 0 Å². The molecule has 3 rings (SSSR count). The quantitative estimate of drug-likeness (QED) is 0.773. The second-order valence-electron chi connectivity index (χ2n) is 4.65. The highest BCUT2D eigenvalue weighted by Crippen LogP contribution is 2.34. The lowest BCUT2D eigenvalue weighted by Gasteiger charge is -2.11. The third-order valence-electron chi connectivity index (χ3n) is 3.04. The molecule has 102 valence electrons. The Bertz CT molecular complexity index is 711. The van der Waals surface area contributed by atoms with E-state index in [0.717, 1.165) is 16.0 Å². The first-order chi connectivity index (χ1) is 9.78. The number of aromatic nitrogens is 2. The van der Waals surface area contributed by atoms with E-state index in [1.54, 1.807) is 17.7 Å². The van der Waals surface area contributed by atoms with Crippen LogP contribution in [0.5, 0.6) is 0 Å². The second-order valence-corrected chi connectivity index (χ2v) is 5.68. The van der Waals surface area contributed by atoms with Crippen LogP contribution in [0.4, 0.5) is 5.82 Å². The minimum Gasteiger partial charge on any atom is -0.394 e. The molecule has 0 amide bonds. The first-order valence-corrected chi connectivity index (χ1v) is 7.27. The van der Waals surface area contributed by atoms with Gasteiger partial charge in [-0.05, 0) is 18.6 Å². The highest BCUT2D eigenvalue weighted by atomic mass is 32.1. The molecule has 3 aromatic rings. The minimum absolute atomic E-state index is 0.0341. The monoisotopic (exact) mass is 285 g/mol. The van der Waals surface area contributed by atoms with Gasteiger partial charge in [-0.1, -0.05) is 30.3 Å². The number of aliphatic hydroxyl groups excluding tert-OH is 1. The highest BCUT2D eigenvalue weighted by molar-refractivity contribution is 7.21. The van der Waals surface area contributed by atoms with E-state index in [1.165, 1.54) is 10.4 Å². The zero-order valence-corrected chi connectivity index (χ0v) is 11.9. The fraction of sp³-hybridized carbons (Fsp3) is 0.200. The molecule has 0 spiro atoms. The first-order valence-electron chi connectivity index (χ1n) is 6.45. The van der Waals surface area contributed by atoms with Crippen LogP contribution in [0.2, 0.25) is 0 Å². The number of nitrogens with zero attached hydrogens (tertiary/aromatic N) is 2. The summed E-state index contributed by atoms with van der Waals surface area (Å²) in [6.07, 6.45) is 1.56. The molecule has 0 saturated carbocycles. The molecule has 1 atom stereocenters. The van der Waals surface area contributed by atoms with Gasteiger partial charge < -0.3 is 10.4 Å². The number of aliphatic hydroxyl groups is 1. The van der Waals surface area contributed by atoms with E-state index in [2.05, 4.69) is 33.5 Å². The van der Waals surface area contributed by atoms with Crippen molar-refractivity contribution in [2.45, 2.75) is 13.0 Å². The van der Waals surface area contributed by atoms with Gasteiger partial charge in [0.05, 0.1) is 12.0 Å². The van der Waals surface area contributed by atoms with Crippen LogP contribution in [0.1, 0.15) is 6.92 Å². The Morgan fingerprint density at radius 2 is 2.05 bits per heavy atom. The summed E-state index contributed by atoms with van der Waals surface area (Å²) < 4.78 is 0. The van der Waals surface area contributed by atoms with Gasteiger partial charge in [-0.25, -0.2) is 9.97 Å². The molecule has 0 aliphatic heterocycles. The van der Waals surface area contributed by atoms with E-state index in [1.807, 2.05) is 25.1 Å². The number of fused-ring (bicyclic) bond motifs is 1. The van der Waals surface area contributed by atoms with Crippen LogP contribution < -0.4 is 5.32 Å². The molecule has 0 radical (unpaired) electrons. The molecule has 20 heavy (non-hydrogen) atoms. The molecule has 1 unspecified atom stereocenters. The number of thiophene rings is 1. The summed E-state index contributed by atoms with van der Waals surface area (Å²) in [6, 6.07) is 12.3. The average molecular weight is 285 g/mol. The van der Waals surface area contributed by atoms with Crippen molar-refractivity contribution in [1.82, 2.24) is 9.97 Å². The zero-order chi connectivity index (χ0) is 13.9. The zero-order valence-electron chi connectivity index (χ0n) is 11.1. The maximum absolute atomic E-state index is 9.15. The standard InChI is InChI=1S/C15H15N3OS/c1-10(8-19)18-14-12-7-13(11-5-3-2-4-6-11)20-15(12)17-9-16-14/h2-7,9-10,19H,8H2,1H3,(H,16,17,18). The van der Waals surface area contributed by atoms with Gasteiger partial charge >= 0.3 is 0 Å². The molecular formula is C15H15N3OS. The molecule has 2 heterocycles. The molecule has 1 aromatic carbocycles. The van der Waals surface area contributed by atoms with Crippen LogP contribution in [0, 0.1) is 0 Å². The Kier molecular flexibility index (Phi) is 3.62. The summed E-state index contributed by atoms with van der Waals surface area (Å²) in [5, 5.41) is 13.3. The first kappa shape index (κ1) is 13.0. The molecule has 4 nitrogen and oxygen atoms in total. The molecule has 0 aliphatic carbocycles. The number of hydrogen-bond acceptors (Lipinski definition) is 5. The summed E-state index contributed by atoms with van der Waals surface area (Å²) in [4.78, 5) is 10.7. The van der Waals surface area contributed by atoms with E-state index in [4.69, 9.17) is 5.11 Å². The van der Waals surface area contributed by atoms with Crippen molar-refractivity contribution < 1.29 is 5.11 Å². The van der Waals surface area contributed by atoms with Crippen LogP contribution in [0.25, 0.3) is 20.7 Å². The van der Waals surface area contributed by atoms with Crippen molar-refractivity contribution >= 4 is 27.4 Å². The maximum Gasteiger partial charge on any atom is 0.138 e. The Hall–Kier alpha value is -1.98. The summed E-state index contributed by atoms with van der Waals surface area (Å²) >= 11 is 1.65. The van der Waals surface area contributed by atoms with E-state index < -0.39 is 0 Å². The van der Waals surface area contributed by atoms with Gasteiger partial charge in [0.2, 0.25) is 0 Å². The molecule has 5 heteroatoms. The maximum atomic E-state index is 9.15. The van der Waals surface area contributed by atoms with Crippen LogP contribution >= 0.6 is 11.3 Å². The lowest BCUT2D eigenvalue weighted by molar-refractivity contribution is 0.281. The molecule has 0 fully saturated rings. The topological polar surface area (TPSA) is 58.0 Å². The molecule has 0 aliphatic rings. The van der Waals surface area contributed by atoms with Crippen molar-refractivity contribution in [2.75, 3.05) is 11.9 Å². The number of anilines is 1. The van der Waals surface area contributed by atoms with Gasteiger partial charge in [-0.3, -0.25) is 0 Å². The molecule has 0 bridgehead atoms. The SMILES string of the molecule is CC(CO)Nc1ncnc2sc(-c3ccccc3)cc12. The Morgan fingerprint density at radius 3 is 2.80 bits per heavy atom. The van der Waals surface area contributed by atoms with Crippen LogP contribution in [0.3, 0.4) is 0 Å². The normalized spacial score (nSPS) is 12.5. The van der Waals surface area contributed by atoms with Crippen molar-refractivity contribution in [3.8, 4) is 10.4 Å². The minimum atomic E-state index is -0.0341. The number of nitrogens with one attached hydrogen (secondary N) is 1. The molecule has 2 aromatic heterocycles. The molecule has 0 saturated heterocycles. The lowest BCUT2D eigenvalue weighted by atomic mass is 10.2. The smallest absolute Gasteiger partial charge is 0.138 e. The predicted molar refractivity (Wildman–Crippen MR) is 83.0 cm³/mol. The third kappa shape index (κ3) is 2.50. The van der Waals surface area contributed by atoms with E-state index >= 15 is 0 Å². The van der Waals surface area contributed by atoms with Crippen molar-refractivity contribution in [3.05, 3.63) is 42.7 Å². The van der Waals surface area contributed by atoms with Crippen LogP contribution in [-0.4, -0.2) is 27.7 Å². The Labute approximate surface area is 121 Å². The Morgan fingerprint density at radius 1 is 1.25 bits per heavy atom. The summed E-state index contributed by atoms with van der Waals surface area (Å²) in [5.74, 6) is 0.773. The fourth-order valence-corrected chi connectivity index (χ4v) is 3.00. The van der Waals surface area contributed by atoms with Gasteiger partial charge in [0.1, 0.15) is 17.0 Å². The highest BCUT2D eigenvalue weighted by Gasteiger charge is 2.11. The third-order valence-corrected chi connectivity index (χ3v) is 4.14. The Balaban J connectivity index is 2.05. The lowest BCUT2D eigenvalue weighted by Crippen LogP contribution is -2.20. The predicted octanol–water partition coefficient (Wildman–Crippen LogP) is 3.15. The van der Waals surface area contributed by atoms with Crippen molar-refractivity contribution in [2.24, 2.45) is 0 Å². The molecular weight excluding hydrogens is 270 g/mol. The second kappa shape index (κ2) is 5.56. The van der Waals surface area contributed by atoms with Gasteiger partial charge in [0.15, 0.2) is 0 Å². The summed E-state index contributed by atoms with van der Waals surface area (Å²) in [7, 11) is 0. The van der Waals surface area contributed by atoms with Crippen molar-refractivity contribution in [1.29, 1.82) is 0 Å². The van der Waals surface area contributed by atoms with E-state index in [0.29, 0.717) is 0 Å². The van der Waals surface area contributed by atoms with Gasteiger partial charge in [0, 0.05) is 10.9 Å². The van der Waals surface area contributed by atoms with Gasteiger partial charge in [-0.15, -0.1) is 11.3 Å². The average Bonchev–Trinajstić information content (AvgIpc) is 2.93. The molecule has 2 N–H and O–H groups in total. The summed E-state index contributed by atoms with van der Waals surface area (Å²) in [6.45, 7) is 1.99. The van der Waals surface area contributed by atoms with Gasteiger partial charge in [0.25, 0.3) is 0 Å². The summed E-state index contributed by atoms with van der Waals surface area (Å²) in [5.41, 5.74) is 1.18. The van der Waals surface area contributed by atoms with E-state index in [-0.39, 0.29) is 12.6 Å². The van der Waals surface area contributed by atoms with Gasteiger partial charge in [-0.2, -0.15) is 0 Å². The number of benzene rings is 1. The van der Waals surface area contributed by atoms with Crippen molar-refractivity contribution in [3.63, 3.8) is 0 Å². The fourth-order valence-electron chi connectivity index (χ4n) is 1.99. The van der Waals surface area contributed by atoms with Crippen LogP contribution in [0.15, 0.2) is 42.7 Å².